The number of carbonyl (C=O) groups excluding carboxylic acids is 2. The second-order valence-electron chi connectivity index (χ2n) is 5.86. The zero-order valence-electron chi connectivity index (χ0n) is 13.5. The van der Waals surface area contributed by atoms with Crippen molar-refractivity contribution < 1.29 is 14.3 Å². The van der Waals surface area contributed by atoms with Crippen LogP contribution < -0.4 is 21.3 Å². The summed E-state index contributed by atoms with van der Waals surface area (Å²) >= 11 is 0. The van der Waals surface area contributed by atoms with E-state index in [4.69, 9.17) is 10.6 Å². The number of hydrogen-bond donors (Lipinski definition) is 3. The average molecular weight is 320 g/mol. The lowest BCUT2D eigenvalue weighted by molar-refractivity contribution is -0.134. The van der Waals surface area contributed by atoms with Crippen molar-refractivity contribution in [2.24, 2.45) is 5.84 Å². The first-order valence-electron chi connectivity index (χ1n) is 7.76. The Kier molecular flexibility index (Phi) is 5.95. The Morgan fingerprint density at radius 2 is 2.13 bits per heavy atom. The van der Waals surface area contributed by atoms with Crippen molar-refractivity contribution in [3.63, 3.8) is 0 Å². The molecular formula is C16H24N4O3. The summed E-state index contributed by atoms with van der Waals surface area (Å²) in [6, 6.07) is 7.29. The fraction of sp³-hybridized carbons (Fsp3) is 0.500. The van der Waals surface area contributed by atoms with Gasteiger partial charge >= 0.3 is 0 Å². The molecule has 1 aliphatic heterocycles. The van der Waals surface area contributed by atoms with Gasteiger partial charge in [-0.2, -0.15) is 0 Å². The number of carbonyl (C=O) groups is 2. The van der Waals surface area contributed by atoms with E-state index >= 15 is 0 Å². The molecule has 0 radical (unpaired) electrons. The summed E-state index contributed by atoms with van der Waals surface area (Å²) in [4.78, 5) is 25.5. The second-order valence-corrected chi connectivity index (χ2v) is 5.86. The summed E-state index contributed by atoms with van der Waals surface area (Å²) in [7, 11) is 0. The van der Waals surface area contributed by atoms with E-state index in [0.29, 0.717) is 19.6 Å². The summed E-state index contributed by atoms with van der Waals surface area (Å²) in [5, 5.41) is 2.79. The largest absolute Gasteiger partial charge is 0.491 e. The number of hydrazine groups is 1. The van der Waals surface area contributed by atoms with Crippen molar-refractivity contribution in [3.05, 3.63) is 29.8 Å². The van der Waals surface area contributed by atoms with E-state index < -0.39 is 6.04 Å². The molecule has 1 heterocycles. The molecule has 1 unspecified atom stereocenters. The number of hydrogen-bond acceptors (Lipinski definition) is 5. The quantitative estimate of drug-likeness (QED) is 0.394. The van der Waals surface area contributed by atoms with Crippen LogP contribution in [0.25, 0.3) is 0 Å². The number of nitrogens with zero attached hydrogens (tertiary/aromatic N) is 1. The van der Waals surface area contributed by atoms with Crippen LogP contribution in [0.4, 0.5) is 0 Å². The predicted octanol–water partition coefficient (Wildman–Crippen LogP) is 0.154. The Bertz CT molecular complexity index is 545. The van der Waals surface area contributed by atoms with Gasteiger partial charge in [-0.05, 0) is 31.5 Å². The monoisotopic (exact) mass is 320 g/mol. The highest BCUT2D eigenvalue weighted by atomic mass is 16.5. The minimum absolute atomic E-state index is 0.0525. The lowest BCUT2D eigenvalue weighted by Gasteiger charge is -2.34. The minimum Gasteiger partial charge on any atom is -0.491 e. The normalized spacial score (nSPS) is 18.6. The van der Waals surface area contributed by atoms with E-state index in [1.54, 1.807) is 0 Å². The number of benzene rings is 1. The maximum Gasteiger partial charge on any atom is 0.237 e. The molecule has 1 atom stereocenters. The molecule has 0 bridgehead atoms. The van der Waals surface area contributed by atoms with Gasteiger partial charge in [0, 0.05) is 19.6 Å². The minimum atomic E-state index is -0.501. The van der Waals surface area contributed by atoms with E-state index in [2.05, 4.69) is 10.7 Å². The number of nitrogens with one attached hydrogen (secondary N) is 2. The molecule has 4 N–H and O–H groups in total. The number of nitrogens with two attached hydrogens (primary N) is 1. The zero-order valence-corrected chi connectivity index (χ0v) is 13.5. The smallest absolute Gasteiger partial charge is 0.237 e. The van der Waals surface area contributed by atoms with Crippen molar-refractivity contribution in [1.29, 1.82) is 0 Å². The molecular weight excluding hydrogens is 296 g/mol. The number of rotatable bonds is 6. The number of ether oxygens (including phenoxy) is 1. The fourth-order valence-electron chi connectivity index (χ4n) is 2.59. The number of amides is 2. The Morgan fingerprint density at radius 1 is 1.43 bits per heavy atom. The van der Waals surface area contributed by atoms with Crippen molar-refractivity contribution in [1.82, 2.24) is 15.6 Å². The van der Waals surface area contributed by atoms with E-state index in [1.807, 2.05) is 43.0 Å². The third-order valence-electron chi connectivity index (χ3n) is 3.66. The maximum atomic E-state index is 12.0. The summed E-state index contributed by atoms with van der Waals surface area (Å²) < 4.78 is 5.62. The van der Waals surface area contributed by atoms with Crippen LogP contribution in [0.5, 0.6) is 5.75 Å². The Labute approximate surface area is 136 Å². The molecule has 1 fully saturated rings. The van der Waals surface area contributed by atoms with Crippen molar-refractivity contribution >= 4 is 11.8 Å². The van der Waals surface area contributed by atoms with Gasteiger partial charge in [0.05, 0.1) is 18.6 Å². The third-order valence-corrected chi connectivity index (χ3v) is 3.66. The summed E-state index contributed by atoms with van der Waals surface area (Å²) in [6.07, 6.45) is 0.183. The lowest BCUT2D eigenvalue weighted by atomic mass is 10.1. The first kappa shape index (κ1) is 17.2. The van der Waals surface area contributed by atoms with Crippen molar-refractivity contribution in [3.8, 4) is 5.75 Å². The molecule has 1 aromatic rings. The molecule has 0 aromatic heterocycles. The van der Waals surface area contributed by atoms with Crippen molar-refractivity contribution in [2.45, 2.75) is 39.0 Å². The molecule has 7 nitrogen and oxygen atoms in total. The first-order chi connectivity index (χ1) is 11.0. The molecule has 7 heteroatoms. The Hall–Kier alpha value is -2.12. The van der Waals surface area contributed by atoms with Crippen LogP contribution in [-0.2, 0) is 16.1 Å². The van der Waals surface area contributed by atoms with Crippen LogP contribution in [0, 0.1) is 0 Å². The van der Waals surface area contributed by atoms with Crippen LogP contribution in [-0.4, -0.2) is 41.9 Å². The fourth-order valence-corrected chi connectivity index (χ4v) is 2.59. The molecule has 2 rings (SSSR count). The molecule has 0 aliphatic carbocycles. The standard InChI is InChI=1S/C16H24N4O3/c1-11(2)23-13-5-3-12(4-6-13)10-20-8-7-18-16(22)14(20)9-15(21)19-17/h3-6,11,14H,7-10,17H2,1-2H3,(H,18,22)(H,19,21). The van der Waals surface area contributed by atoms with Gasteiger partial charge in [0.15, 0.2) is 0 Å². The summed E-state index contributed by atoms with van der Waals surface area (Å²) in [5.74, 6) is 5.46. The van der Waals surface area contributed by atoms with Gasteiger partial charge in [0.2, 0.25) is 11.8 Å². The zero-order chi connectivity index (χ0) is 16.8. The van der Waals surface area contributed by atoms with E-state index in [0.717, 1.165) is 11.3 Å². The van der Waals surface area contributed by atoms with E-state index in [9.17, 15) is 9.59 Å². The van der Waals surface area contributed by atoms with Gasteiger partial charge in [0.25, 0.3) is 0 Å². The van der Waals surface area contributed by atoms with Gasteiger partial charge in [-0.15, -0.1) is 0 Å². The number of piperazine rings is 1. The van der Waals surface area contributed by atoms with Crippen LogP contribution >= 0.6 is 0 Å². The lowest BCUT2D eigenvalue weighted by Crippen LogP contribution is -2.56. The molecule has 1 saturated heterocycles. The predicted molar refractivity (Wildman–Crippen MR) is 86.4 cm³/mol. The Morgan fingerprint density at radius 3 is 2.74 bits per heavy atom. The molecule has 1 aliphatic rings. The van der Waals surface area contributed by atoms with Crippen molar-refractivity contribution in [2.75, 3.05) is 13.1 Å². The average Bonchev–Trinajstić information content (AvgIpc) is 2.52. The Balaban J connectivity index is 2.03. The summed E-state index contributed by atoms with van der Waals surface area (Å²) in [5.41, 5.74) is 3.14. The van der Waals surface area contributed by atoms with E-state index in [-0.39, 0.29) is 24.3 Å². The highest BCUT2D eigenvalue weighted by molar-refractivity contribution is 5.88. The molecule has 23 heavy (non-hydrogen) atoms. The highest BCUT2D eigenvalue weighted by Crippen LogP contribution is 2.18. The van der Waals surface area contributed by atoms with Crippen LogP contribution in [0.3, 0.4) is 0 Å². The molecule has 0 saturated carbocycles. The van der Waals surface area contributed by atoms with Gasteiger partial charge in [-0.25, -0.2) is 5.84 Å². The van der Waals surface area contributed by atoms with Gasteiger partial charge in [-0.3, -0.25) is 19.9 Å². The molecule has 126 valence electrons. The second kappa shape index (κ2) is 7.94. The van der Waals surface area contributed by atoms with E-state index in [1.165, 1.54) is 0 Å². The maximum absolute atomic E-state index is 12.0. The molecule has 1 aromatic carbocycles. The van der Waals surface area contributed by atoms with Crippen LogP contribution in [0.2, 0.25) is 0 Å². The van der Waals surface area contributed by atoms with Gasteiger partial charge < -0.3 is 10.1 Å². The third kappa shape index (κ3) is 4.94. The van der Waals surface area contributed by atoms with Crippen LogP contribution in [0.1, 0.15) is 25.8 Å². The topological polar surface area (TPSA) is 96.7 Å². The molecule has 0 spiro atoms. The summed E-state index contributed by atoms with van der Waals surface area (Å²) in [6.45, 7) is 5.82. The SMILES string of the molecule is CC(C)Oc1ccc(CN2CCNC(=O)C2CC(=O)NN)cc1. The molecule has 2 amide bonds. The first-order valence-corrected chi connectivity index (χ1v) is 7.76. The van der Waals surface area contributed by atoms with Gasteiger partial charge in [0.1, 0.15) is 5.75 Å². The van der Waals surface area contributed by atoms with Gasteiger partial charge in [-0.1, -0.05) is 12.1 Å². The highest BCUT2D eigenvalue weighted by Gasteiger charge is 2.31. The van der Waals surface area contributed by atoms with Crippen LogP contribution in [0.15, 0.2) is 24.3 Å².